The molecule has 0 aromatic rings. The molecule has 0 aliphatic carbocycles. The highest BCUT2D eigenvalue weighted by molar-refractivity contribution is 5.71. The van der Waals surface area contributed by atoms with Crippen LogP contribution in [-0.4, -0.2) is 36.4 Å². The second kappa shape index (κ2) is 5.97. The monoisotopic (exact) mass is 175 g/mol. The van der Waals surface area contributed by atoms with Gasteiger partial charge in [-0.25, -0.2) is 4.79 Å². The molecular weight excluding hydrogens is 158 g/mol. The van der Waals surface area contributed by atoms with Crippen LogP contribution in [0.1, 0.15) is 20.8 Å². The first-order chi connectivity index (χ1) is 5.54. The van der Waals surface area contributed by atoms with Gasteiger partial charge in [0.05, 0.1) is 6.61 Å². The maximum absolute atomic E-state index is 10.3. The first-order valence-corrected chi connectivity index (χ1v) is 4.12. The number of carbonyl (C=O) groups is 1. The number of hydrogen-bond donors (Lipinski definition) is 2. The standard InChI is InChI=1S/C8H17NO3/c1-6(2)9-4-5-12-7(3)8(10)11/h6-7,9H,4-5H2,1-3H3,(H,10,11). The third kappa shape index (κ3) is 6.12. The maximum Gasteiger partial charge on any atom is 0.332 e. The van der Waals surface area contributed by atoms with Gasteiger partial charge in [0.25, 0.3) is 0 Å². The first kappa shape index (κ1) is 11.4. The Morgan fingerprint density at radius 3 is 2.50 bits per heavy atom. The summed E-state index contributed by atoms with van der Waals surface area (Å²) in [6.07, 6.45) is -0.709. The number of rotatable bonds is 6. The van der Waals surface area contributed by atoms with E-state index in [1.54, 1.807) is 0 Å². The lowest BCUT2D eigenvalue weighted by atomic mass is 10.4. The second-order valence-electron chi connectivity index (χ2n) is 2.96. The van der Waals surface area contributed by atoms with Gasteiger partial charge in [-0.2, -0.15) is 0 Å². The van der Waals surface area contributed by atoms with Gasteiger partial charge in [-0.05, 0) is 6.92 Å². The fraction of sp³-hybridized carbons (Fsp3) is 0.875. The number of carboxylic acids is 1. The molecule has 0 aromatic heterocycles. The highest BCUT2D eigenvalue weighted by atomic mass is 16.5. The second-order valence-corrected chi connectivity index (χ2v) is 2.96. The van der Waals surface area contributed by atoms with E-state index in [0.717, 1.165) is 0 Å². The van der Waals surface area contributed by atoms with E-state index in [1.807, 2.05) is 13.8 Å². The molecule has 0 aliphatic heterocycles. The smallest absolute Gasteiger partial charge is 0.332 e. The number of ether oxygens (including phenoxy) is 1. The zero-order valence-corrected chi connectivity index (χ0v) is 7.83. The van der Waals surface area contributed by atoms with Crippen molar-refractivity contribution in [2.24, 2.45) is 0 Å². The van der Waals surface area contributed by atoms with E-state index in [2.05, 4.69) is 5.32 Å². The van der Waals surface area contributed by atoms with Crippen LogP contribution in [0.15, 0.2) is 0 Å². The van der Waals surface area contributed by atoms with Gasteiger partial charge in [-0.1, -0.05) is 13.8 Å². The number of nitrogens with one attached hydrogen (secondary N) is 1. The lowest BCUT2D eigenvalue weighted by Gasteiger charge is -2.10. The molecule has 0 heterocycles. The Morgan fingerprint density at radius 2 is 2.08 bits per heavy atom. The minimum atomic E-state index is -0.917. The minimum Gasteiger partial charge on any atom is -0.479 e. The first-order valence-electron chi connectivity index (χ1n) is 4.12. The third-order valence-corrected chi connectivity index (χ3v) is 1.37. The average molecular weight is 175 g/mol. The number of hydrogen-bond acceptors (Lipinski definition) is 3. The molecule has 0 bridgehead atoms. The lowest BCUT2D eigenvalue weighted by molar-refractivity contribution is -0.148. The summed E-state index contributed by atoms with van der Waals surface area (Å²) in [5.74, 6) is -0.917. The van der Waals surface area contributed by atoms with Crippen molar-refractivity contribution in [2.75, 3.05) is 13.2 Å². The van der Waals surface area contributed by atoms with E-state index < -0.39 is 12.1 Å². The van der Waals surface area contributed by atoms with E-state index in [-0.39, 0.29) is 0 Å². The van der Waals surface area contributed by atoms with Gasteiger partial charge in [-0.15, -0.1) is 0 Å². The van der Waals surface area contributed by atoms with Crippen LogP contribution in [0.5, 0.6) is 0 Å². The van der Waals surface area contributed by atoms with Crippen molar-refractivity contribution < 1.29 is 14.6 Å². The SMILES string of the molecule is CC(C)NCCOC(C)C(=O)O. The number of carboxylic acid groups (broad SMARTS) is 1. The molecule has 0 spiro atoms. The predicted molar refractivity (Wildman–Crippen MR) is 46.2 cm³/mol. The molecule has 2 N–H and O–H groups in total. The van der Waals surface area contributed by atoms with Crippen LogP contribution in [0.3, 0.4) is 0 Å². The quantitative estimate of drug-likeness (QED) is 0.576. The molecule has 4 heteroatoms. The third-order valence-electron chi connectivity index (χ3n) is 1.37. The summed E-state index contributed by atoms with van der Waals surface area (Å²) in [6, 6.07) is 0.411. The van der Waals surface area contributed by atoms with Gasteiger partial charge < -0.3 is 15.2 Å². The van der Waals surface area contributed by atoms with E-state index in [9.17, 15) is 4.79 Å². The summed E-state index contributed by atoms with van der Waals surface area (Å²) < 4.78 is 4.99. The van der Waals surface area contributed by atoms with Gasteiger partial charge in [0, 0.05) is 12.6 Å². The van der Waals surface area contributed by atoms with Gasteiger partial charge in [0.1, 0.15) is 0 Å². The summed E-state index contributed by atoms with van der Waals surface area (Å²) >= 11 is 0. The number of aliphatic carboxylic acids is 1. The molecule has 72 valence electrons. The lowest BCUT2D eigenvalue weighted by Crippen LogP contribution is -2.29. The fourth-order valence-electron chi connectivity index (χ4n) is 0.655. The van der Waals surface area contributed by atoms with Crippen molar-refractivity contribution in [3.63, 3.8) is 0 Å². The van der Waals surface area contributed by atoms with E-state index in [1.165, 1.54) is 6.92 Å². The largest absolute Gasteiger partial charge is 0.479 e. The molecule has 12 heavy (non-hydrogen) atoms. The molecule has 0 saturated carbocycles. The van der Waals surface area contributed by atoms with Crippen molar-refractivity contribution in [1.29, 1.82) is 0 Å². The maximum atomic E-state index is 10.3. The Balaban J connectivity index is 3.25. The van der Waals surface area contributed by atoms with E-state index in [4.69, 9.17) is 9.84 Å². The summed E-state index contributed by atoms with van der Waals surface area (Å²) in [4.78, 5) is 10.3. The summed E-state index contributed by atoms with van der Waals surface area (Å²) in [5, 5.41) is 11.6. The summed E-state index contributed by atoms with van der Waals surface area (Å²) in [5.41, 5.74) is 0. The van der Waals surface area contributed by atoms with Crippen molar-refractivity contribution in [3.8, 4) is 0 Å². The fourth-order valence-corrected chi connectivity index (χ4v) is 0.655. The molecule has 1 unspecified atom stereocenters. The zero-order chi connectivity index (χ0) is 9.56. The van der Waals surface area contributed by atoms with E-state index in [0.29, 0.717) is 19.2 Å². The van der Waals surface area contributed by atoms with Gasteiger partial charge in [-0.3, -0.25) is 0 Å². The molecule has 0 fully saturated rings. The molecule has 1 atom stereocenters. The predicted octanol–water partition coefficient (Wildman–Crippen LogP) is 0.474. The average Bonchev–Trinajstić information content (AvgIpc) is 1.97. The Labute approximate surface area is 72.9 Å². The summed E-state index contributed by atoms with van der Waals surface area (Å²) in [6.45, 7) is 6.71. The molecule has 0 aromatic carbocycles. The summed E-state index contributed by atoms with van der Waals surface area (Å²) in [7, 11) is 0. The minimum absolute atomic E-state index is 0.411. The molecule has 0 rings (SSSR count). The van der Waals surface area contributed by atoms with Crippen LogP contribution < -0.4 is 5.32 Å². The molecule has 0 saturated heterocycles. The van der Waals surface area contributed by atoms with Crippen LogP contribution in [0, 0.1) is 0 Å². The Bertz CT molecular complexity index is 136. The van der Waals surface area contributed by atoms with Crippen molar-refractivity contribution in [1.82, 2.24) is 5.32 Å². The van der Waals surface area contributed by atoms with Crippen molar-refractivity contribution >= 4 is 5.97 Å². The van der Waals surface area contributed by atoms with Crippen molar-refractivity contribution in [3.05, 3.63) is 0 Å². The Kier molecular flexibility index (Phi) is 5.66. The molecular formula is C8H17NO3. The van der Waals surface area contributed by atoms with Crippen LogP contribution in [0.2, 0.25) is 0 Å². The Morgan fingerprint density at radius 1 is 1.50 bits per heavy atom. The van der Waals surface area contributed by atoms with Crippen LogP contribution in [-0.2, 0) is 9.53 Å². The molecule has 0 radical (unpaired) electrons. The Hall–Kier alpha value is -0.610. The van der Waals surface area contributed by atoms with Crippen molar-refractivity contribution in [2.45, 2.75) is 32.9 Å². The topological polar surface area (TPSA) is 58.6 Å². The normalized spacial score (nSPS) is 13.3. The van der Waals surface area contributed by atoms with E-state index >= 15 is 0 Å². The van der Waals surface area contributed by atoms with Crippen LogP contribution in [0.25, 0.3) is 0 Å². The molecule has 4 nitrogen and oxygen atoms in total. The molecule has 0 aliphatic rings. The highest BCUT2D eigenvalue weighted by Gasteiger charge is 2.09. The molecule has 0 amide bonds. The van der Waals surface area contributed by atoms with Gasteiger partial charge >= 0.3 is 5.97 Å². The highest BCUT2D eigenvalue weighted by Crippen LogP contribution is 1.89. The van der Waals surface area contributed by atoms with Gasteiger partial charge in [0.2, 0.25) is 0 Å². The van der Waals surface area contributed by atoms with Crippen LogP contribution in [0.4, 0.5) is 0 Å². The zero-order valence-electron chi connectivity index (χ0n) is 7.83. The van der Waals surface area contributed by atoms with Gasteiger partial charge in [0.15, 0.2) is 6.10 Å². The van der Waals surface area contributed by atoms with Crippen LogP contribution >= 0.6 is 0 Å².